The Morgan fingerprint density at radius 2 is 2.30 bits per heavy atom. The van der Waals surface area contributed by atoms with Gasteiger partial charge in [-0.25, -0.2) is 4.68 Å². The third-order valence-electron chi connectivity index (χ3n) is 3.84. The number of amides is 2. The molecule has 0 radical (unpaired) electrons. The van der Waals surface area contributed by atoms with Crippen LogP contribution in [-0.4, -0.2) is 63.9 Å². The van der Waals surface area contributed by atoms with Crippen molar-refractivity contribution in [3.63, 3.8) is 0 Å². The van der Waals surface area contributed by atoms with Gasteiger partial charge in [0.2, 0.25) is 5.91 Å². The Hall–Kier alpha value is -1.96. The molecule has 8 heteroatoms. The lowest BCUT2D eigenvalue weighted by atomic mass is 10.1. The number of rotatable bonds is 3. The highest BCUT2D eigenvalue weighted by Gasteiger charge is 2.33. The summed E-state index contributed by atoms with van der Waals surface area (Å²) in [5.41, 5.74) is 0.310. The fourth-order valence-corrected chi connectivity index (χ4v) is 2.52. The molecule has 0 spiro atoms. The van der Waals surface area contributed by atoms with Gasteiger partial charge in [-0.05, 0) is 6.42 Å². The van der Waals surface area contributed by atoms with Crippen molar-refractivity contribution < 1.29 is 9.59 Å². The first-order chi connectivity index (χ1) is 9.70. The summed E-state index contributed by atoms with van der Waals surface area (Å²) in [6.07, 6.45) is 2.27. The van der Waals surface area contributed by atoms with Gasteiger partial charge < -0.3 is 15.5 Å². The number of hydrogen-bond acceptors (Lipinski definition) is 5. The molecule has 0 aliphatic carbocycles. The topological polar surface area (TPSA) is 92.2 Å². The fraction of sp³-hybridized carbons (Fsp3) is 0.667. The lowest BCUT2D eigenvalue weighted by Crippen LogP contribution is -2.57. The molecule has 1 atom stereocenters. The highest BCUT2D eigenvalue weighted by Crippen LogP contribution is 2.14. The van der Waals surface area contributed by atoms with E-state index in [1.54, 1.807) is 15.8 Å². The van der Waals surface area contributed by atoms with Gasteiger partial charge in [-0.1, -0.05) is 12.1 Å². The van der Waals surface area contributed by atoms with Crippen LogP contribution >= 0.6 is 0 Å². The number of nitrogens with one attached hydrogen (secondary N) is 2. The van der Waals surface area contributed by atoms with Crippen molar-refractivity contribution in [2.24, 2.45) is 0 Å². The Bertz CT molecular complexity index is 524. The average Bonchev–Trinajstić information content (AvgIpc) is 2.85. The van der Waals surface area contributed by atoms with Crippen molar-refractivity contribution in [3.05, 3.63) is 11.9 Å². The Morgan fingerprint density at radius 3 is 2.95 bits per heavy atom. The summed E-state index contributed by atoms with van der Waals surface area (Å²) in [5, 5.41) is 13.9. The summed E-state index contributed by atoms with van der Waals surface area (Å²) in [6, 6.07) is -0.137. The first-order valence-corrected chi connectivity index (χ1v) is 6.92. The summed E-state index contributed by atoms with van der Waals surface area (Å²) in [4.78, 5) is 25.8. The highest BCUT2D eigenvalue weighted by molar-refractivity contribution is 5.96. The van der Waals surface area contributed by atoms with E-state index < -0.39 is 6.04 Å². The molecule has 2 aliphatic heterocycles. The van der Waals surface area contributed by atoms with Crippen LogP contribution in [0.1, 0.15) is 29.9 Å². The number of piperazine rings is 1. The zero-order chi connectivity index (χ0) is 14.1. The van der Waals surface area contributed by atoms with Crippen molar-refractivity contribution in [2.45, 2.75) is 25.4 Å². The maximum absolute atomic E-state index is 12.5. The standard InChI is InChI=1S/C12H18N6O2/c1-2-10-11(19)14-3-4-17(10)12(20)9-7-18(16-15-9)8-5-13-6-8/h7-8,10,13H,2-6H2,1H3,(H,14,19). The van der Waals surface area contributed by atoms with Crippen LogP contribution in [-0.2, 0) is 4.79 Å². The van der Waals surface area contributed by atoms with Gasteiger partial charge in [0.25, 0.3) is 5.91 Å². The molecule has 3 rings (SSSR count). The lowest BCUT2D eigenvalue weighted by Gasteiger charge is -2.33. The maximum Gasteiger partial charge on any atom is 0.276 e. The first kappa shape index (κ1) is 13.0. The van der Waals surface area contributed by atoms with Gasteiger partial charge in [-0.2, -0.15) is 0 Å². The molecule has 0 aromatic carbocycles. The van der Waals surface area contributed by atoms with Gasteiger partial charge >= 0.3 is 0 Å². The van der Waals surface area contributed by atoms with Crippen molar-refractivity contribution in [3.8, 4) is 0 Å². The molecule has 2 N–H and O–H groups in total. The second-order valence-electron chi connectivity index (χ2n) is 5.11. The minimum absolute atomic E-state index is 0.0947. The van der Waals surface area contributed by atoms with E-state index >= 15 is 0 Å². The SMILES string of the molecule is CCC1C(=O)NCCN1C(=O)c1cn(C2CNC2)nn1. The van der Waals surface area contributed by atoms with E-state index in [1.165, 1.54) is 0 Å². The normalized spacial score (nSPS) is 23.4. The van der Waals surface area contributed by atoms with Gasteiger partial charge in [0.15, 0.2) is 5.69 Å². The Kier molecular flexibility index (Phi) is 3.39. The lowest BCUT2D eigenvalue weighted by molar-refractivity contribution is -0.127. The molecule has 20 heavy (non-hydrogen) atoms. The minimum Gasteiger partial charge on any atom is -0.353 e. The molecule has 2 fully saturated rings. The zero-order valence-corrected chi connectivity index (χ0v) is 11.4. The van der Waals surface area contributed by atoms with Crippen LogP contribution in [0.25, 0.3) is 0 Å². The molecule has 0 bridgehead atoms. The van der Waals surface area contributed by atoms with E-state index in [0.29, 0.717) is 25.2 Å². The van der Waals surface area contributed by atoms with Crippen molar-refractivity contribution in [1.29, 1.82) is 0 Å². The molecule has 3 heterocycles. The Labute approximate surface area is 116 Å². The molecule has 0 saturated carbocycles. The van der Waals surface area contributed by atoms with Crippen molar-refractivity contribution in [2.75, 3.05) is 26.2 Å². The van der Waals surface area contributed by atoms with E-state index in [0.717, 1.165) is 13.1 Å². The molecule has 2 saturated heterocycles. The predicted octanol–water partition coefficient (Wildman–Crippen LogP) is -1.23. The van der Waals surface area contributed by atoms with E-state index in [1.807, 2.05) is 6.92 Å². The van der Waals surface area contributed by atoms with E-state index in [9.17, 15) is 9.59 Å². The predicted molar refractivity (Wildman–Crippen MR) is 70.1 cm³/mol. The number of carbonyl (C=O) groups excluding carboxylic acids is 2. The number of aromatic nitrogens is 3. The number of nitrogens with zero attached hydrogens (tertiary/aromatic N) is 4. The maximum atomic E-state index is 12.5. The molecule has 1 aromatic rings. The Balaban J connectivity index is 1.76. The summed E-state index contributed by atoms with van der Waals surface area (Å²) in [6.45, 7) is 4.59. The molecule has 1 unspecified atom stereocenters. The van der Waals surface area contributed by atoms with Crippen molar-refractivity contribution in [1.82, 2.24) is 30.5 Å². The third-order valence-corrected chi connectivity index (χ3v) is 3.84. The van der Waals surface area contributed by atoms with Crippen LogP contribution in [0.5, 0.6) is 0 Å². The van der Waals surface area contributed by atoms with E-state index in [4.69, 9.17) is 0 Å². The second kappa shape index (κ2) is 5.20. The third kappa shape index (κ3) is 2.15. The van der Waals surface area contributed by atoms with E-state index in [-0.39, 0.29) is 17.9 Å². The average molecular weight is 278 g/mol. The van der Waals surface area contributed by atoms with Crippen LogP contribution in [0.3, 0.4) is 0 Å². The van der Waals surface area contributed by atoms with Crippen LogP contribution in [0.2, 0.25) is 0 Å². The summed E-state index contributed by atoms with van der Waals surface area (Å²) < 4.78 is 1.72. The molecule has 2 aliphatic rings. The summed E-state index contributed by atoms with van der Waals surface area (Å²) in [7, 11) is 0. The zero-order valence-electron chi connectivity index (χ0n) is 11.4. The van der Waals surface area contributed by atoms with Gasteiger partial charge in [-0.3, -0.25) is 9.59 Å². The van der Waals surface area contributed by atoms with Crippen LogP contribution in [0, 0.1) is 0 Å². The second-order valence-corrected chi connectivity index (χ2v) is 5.11. The van der Waals surface area contributed by atoms with E-state index in [2.05, 4.69) is 20.9 Å². The summed E-state index contributed by atoms with van der Waals surface area (Å²) >= 11 is 0. The molecule has 108 valence electrons. The first-order valence-electron chi connectivity index (χ1n) is 6.92. The Morgan fingerprint density at radius 1 is 1.50 bits per heavy atom. The van der Waals surface area contributed by atoms with Crippen molar-refractivity contribution >= 4 is 11.8 Å². The summed E-state index contributed by atoms with van der Waals surface area (Å²) in [5.74, 6) is -0.312. The molecule has 8 nitrogen and oxygen atoms in total. The van der Waals surface area contributed by atoms with Crippen LogP contribution in [0.4, 0.5) is 0 Å². The van der Waals surface area contributed by atoms with Gasteiger partial charge in [0.1, 0.15) is 6.04 Å². The monoisotopic (exact) mass is 278 g/mol. The fourth-order valence-electron chi connectivity index (χ4n) is 2.52. The quantitative estimate of drug-likeness (QED) is 0.722. The molecule has 2 amide bonds. The molecular formula is C12H18N6O2. The van der Waals surface area contributed by atoms with Crippen LogP contribution < -0.4 is 10.6 Å². The largest absolute Gasteiger partial charge is 0.353 e. The number of hydrogen-bond donors (Lipinski definition) is 2. The smallest absolute Gasteiger partial charge is 0.276 e. The van der Waals surface area contributed by atoms with Gasteiger partial charge in [-0.15, -0.1) is 5.10 Å². The highest BCUT2D eigenvalue weighted by atomic mass is 16.2. The van der Waals surface area contributed by atoms with Gasteiger partial charge in [0, 0.05) is 26.2 Å². The number of carbonyl (C=O) groups is 2. The molecular weight excluding hydrogens is 260 g/mol. The minimum atomic E-state index is -0.410. The van der Waals surface area contributed by atoms with Crippen LogP contribution in [0.15, 0.2) is 6.20 Å². The molecule has 1 aromatic heterocycles. The van der Waals surface area contributed by atoms with Gasteiger partial charge in [0.05, 0.1) is 12.2 Å².